The minimum atomic E-state index is -0.0128. The van der Waals surface area contributed by atoms with E-state index in [9.17, 15) is 0 Å². The van der Waals surface area contributed by atoms with Crippen LogP contribution in [0.2, 0.25) is 5.02 Å². The molecule has 2 nitrogen and oxygen atoms in total. The molecule has 0 aromatic heterocycles. The van der Waals surface area contributed by atoms with Gasteiger partial charge in [-0.1, -0.05) is 33.6 Å². The molecule has 0 unspecified atom stereocenters. The molecule has 2 N–H and O–H groups in total. The van der Waals surface area contributed by atoms with Crippen molar-refractivity contribution in [3.05, 3.63) is 57.0 Å². The van der Waals surface area contributed by atoms with Gasteiger partial charge in [0.15, 0.2) is 0 Å². The number of benzene rings is 2. The molecule has 0 heterocycles. The lowest BCUT2D eigenvalue weighted by atomic mass is 10.1. The normalized spacial score (nSPS) is 12.3. The van der Waals surface area contributed by atoms with Crippen LogP contribution in [0.15, 0.2) is 40.9 Å². The highest BCUT2D eigenvalue weighted by molar-refractivity contribution is 9.10. The Morgan fingerprint density at radius 2 is 1.79 bits per heavy atom. The van der Waals surface area contributed by atoms with Crippen LogP contribution < -0.4 is 10.5 Å². The highest BCUT2D eigenvalue weighted by Gasteiger charge is 2.07. The minimum absolute atomic E-state index is 0.0128. The van der Waals surface area contributed by atoms with Crippen molar-refractivity contribution in [1.82, 2.24) is 0 Å². The number of hydrogen-bond acceptors (Lipinski definition) is 2. The van der Waals surface area contributed by atoms with E-state index in [0.717, 1.165) is 32.1 Å². The number of aryl methyl sites for hydroxylation is 1. The Balaban J connectivity index is 2.24. The molecule has 100 valence electrons. The summed E-state index contributed by atoms with van der Waals surface area (Å²) in [6.45, 7) is 3.90. The highest BCUT2D eigenvalue weighted by atomic mass is 79.9. The van der Waals surface area contributed by atoms with Crippen molar-refractivity contribution >= 4 is 27.5 Å². The summed E-state index contributed by atoms with van der Waals surface area (Å²) in [5, 5.41) is 0.737. The molecule has 0 radical (unpaired) electrons. The summed E-state index contributed by atoms with van der Waals surface area (Å²) in [7, 11) is 0. The molecule has 0 amide bonds. The van der Waals surface area contributed by atoms with Crippen molar-refractivity contribution in [1.29, 1.82) is 0 Å². The van der Waals surface area contributed by atoms with E-state index in [2.05, 4.69) is 15.9 Å². The molecular weight excluding hydrogens is 326 g/mol. The SMILES string of the molecule is Cc1cc(Oc2ccc([C@H](C)N)c(Br)c2)ccc1Cl. The zero-order chi connectivity index (χ0) is 14.0. The van der Waals surface area contributed by atoms with Crippen LogP contribution in [0, 0.1) is 6.92 Å². The van der Waals surface area contributed by atoms with E-state index in [1.54, 1.807) is 0 Å². The van der Waals surface area contributed by atoms with E-state index in [1.165, 1.54) is 0 Å². The van der Waals surface area contributed by atoms with Crippen molar-refractivity contribution in [3.63, 3.8) is 0 Å². The molecule has 2 aromatic rings. The molecule has 0 aliphatic carbocycles. The number of rotatable bonds is 3. The Morgan fingerprint density at radius 3 is 2.37 bits per heavy atom. The molecule has 2 aromatic carbocycles. The van der Waals surface area contributed by atoms with Crippen LogP contribution in [0.25, 0.3) is 0 Å². The number of halogens is 2. The van der Waals surface area contributed by atoms with Crippen molar-refractivity contribution in [2.24, 2.45) is 5.73 Å². The van der Waals surface area contributed by atoms with Gasteiger partial charge in [-0.15, -0.1) is 0 Å². The van der Waals surface area contributed by atoms with Gasteiger partial charge < -0.3 is 10.5 Å². The van der Waals surface area contributed by atoms with Crippen LogP contribution in [0.5, 0.6) is 11.5 Å². The highest BCUT2D eigenvalue weighted by Crippen LogP contribution is 2.30. The third kappa shape index (κ3) is 3.50. The third-order valence-corrected chi connectivity index (χ3v) is 3.94. The second kappa shape index (κ2) is 5.95. The monoisotopic (exact) mass is 339 g/mol. The molecular formula is C15H15BrClNO. The Hall–Kier alpha value is -1.03. The standard InChI is InChI=1S/C15H15BrClNO/c1-9-7-11(4-6-15(9)17)19-12-3-5-13(10(2)18)14(16)8-12/h3-8,10H,18H2,1-2H3/t10-/m0/s1. The van der Waals surface area contributed by atoms with Crippen LogP contribution in [0.4, 0.5) is 0 Å². The Morgan fingerprint density at radius 1 is 1.16 bits per heavy atom. The van der Waals surface area contributed by atoms with Crippen molar-refractivity contribution in [2.75, 3.05) is 0 Å². The quantitative estimate of drug-likeness (QED) is 0.831. The van der Waals surface area contributed by atoms with Gasteiger partial charge in [0.2, 0.25) is 0 Å². The first-order chi connectivity index (χ1) is 8.97. The molecule has 0 saturated heterocycles. The average Bonchev–Trinajstić information content (AvgIpc) is 2.33. The second-order valence-electron chi connectivity index (χ2n) is 4.49. The molecule has 0 saturated carbocycles. The first-order valence-electron chi connectivity index (χ1n) is 5.96. The van der Waals surface area contributed by atoms with Crippen LogP contribution in [-0.4, -0.2) is 0 Å². The summed E-state index contributed by atoms with van der Waals surface area (Å²) >= 11 is 9.49. The van der Waals surface area contributed by atoms with Gasteiger partial charge in [-0.05, 0) is 55.3 Å². The van der Waals surface area contributed by atoms with Gasteiger partial charge in [-0.2, -0.15) is 0 Å². The third-order valence-electron chi connectivity index (χ3n) is 2.83. The molecule has 19 heavy (non-hydrogen) atoms. The molecule has 0 aliphatic heterocycles. The average molecular weight is 341 g/mol. The molecule has 4 heteroatoms. The summed E-state index contributed by atoms with van der Waals surface area (Å²) < 4.78 is 6.75. The van der Waals surface area contributed by atoms with E-state index in [-0.39, 0.29) is 6.04 Å². The molecule has 1 atom stereocenters. The van der Waals surface area contributed by atoms with Gasteiger partial charge in [-0.3, -0.25) is 0 Å². The second-order valence-corrected chi connectivity index (χ2v) is 5.75. The predicted octanol–water partition coefficient (Wildman–Crippen LogP) is 5.22. The number of ether oxygens (including phenoxy) is 1. The van der Waals surface area contributed by atoms with Crippen molar-refractivity contribution in [3.8, 4) is 11.5 Å². The fourth-order valence-corrected chi connectivity index (χ4v) is 2.59. The van der Waals surface area contributed by atoms with Gasteiger partial charge >= 0.3 is 0 Å². The van der Waals surface area contributed by atoms with E-state index in [4.69, 9.17) is 22.1 Å². The van der Waals surface area contributed by atoms with E-state index in [1.807, 2.05) is 50.2 Å². The lowest BCUT2D eigenvalue weighted by Crippen LogP contribution is -2.05. The van der Waals surface area contributed by atoms with E-state index >= 15 is 0 Å². The smallest absolute Gasteiger partial charge is 0.128 e. The summed E-state index contributed by atoms with van der Waals surface area (Å²) in [5.41, 5.74) is 7.91. The largest absolute Gasteiger partial charge is 0.457 e. The summed E-state index contributed by atoms with van der Waals surface area (Å²) in [6.07, 6.45) is 0. The van der Waals surface area contributed by atoms with Gasteiger partial charge in [0, 0.05) is 15.5 Å². The predicted molar refractivity (Wildman–Crippen MR) is 83.0 cm³/mol. The first-order valence-corrected chi connectivity index (χ1v) is 7.13. The Labute approximate surface area is 126 Å². The summed E-state index contributed by atoms with van der Waals surface area (Å²) in [4.78, 5) is 0. The molecule has 0 fully saturated rings. The van der Waals surface area contributed by atoms with Gasteiger partial charge in [-0.25, -0.2) is 0 Å². The molecule has 0 spiro atoms. The van der Waals surface area contributed by atoms with Gasteiger partial charge in [0.1, 0.15) is 11.5 Å². The lowest BCUT2D eigenvalue weighted by Gasteiger charge is -2.12. The van der Waals surface area contributed by atoms with E-state index in [0.29, 0.717) is 0 Å². The fraction of sp³-hybridized carbons (Fsp3) is 0.200. The molecule has 0 bridgehead atoms. The number of hydrogen-bond donors (Lipinski definition) is 1. The fourth-order valence-electron chi connectivity index (χ4n) is 1.76. The van der Waals surface area contributed by atoms with Crippen LogP contribution in [-0.2, 0) is 0 Å². The summed E-state index contributed by atoms with van der Waals surface area (Å²) in [5.74, 6) is 1.53. The van der Waals surface area contributed by atoms with E-state index < -0.39 is 0 Å². The lowest BCUT2D eigenvalue weighted by molar-refractivity contribution is 0.481. The maximum Gasteiger partial charge on any atom is 0.128 e. The zero-order valence-electron chi connectivity index (χ0n) is 10.8. The topological polar surface area (TPSA) is 35.2 Å². The van der Waals surface area contributed by atoms with Crippen LogP contribution in [0.3, 0.4) is 0 Å². The first kappa shape index (κ1) is 14.4. The zero-order valence-corrected chi connectivity index (χ0v) is 13.1. The number of nitrogens with two attached hydrogens (primary N) is 1. The van der Waals surface area contributed by atoms with Crippen LogP contribution >= 0.6 is 27.5 Å². The maximum atomic E-state index is 5.99. The molecule has 2 rings (SSSR count). The van der Waals surface area contributed by atoms with Crippen molar-refractivity contribution < 1.29 is 4.74 Å². The maximum absolute atomic E-state index is 5.99. The van der Waals surface area contributed by atoms with Gasteiger partial charge in [0.25, 0.3) is 0 Å². The Kier molecular flexibility index (Phi) is 4.50. The van der Waals surface area contributed by atoms with Crippen molar-refractivity contribution in [2.45, 2.75) is 19.9 Å². The van der Waals surface area contributed by atoms with Crippen LogP contribution in [0.1, 0.15) is 24.1 Å². The summed E-state index contributed by atoms with van der Waals surface area (Å²) in [6, 6.07) is 11.4. The minimum Gasteiger partial charge on any atom is -0.457 e. The molecule has 0 aliphatic rings. The van der Waals surface area contributed by atoms with Gasteiger partial charge in [0.05, 0.1) is 0 Å². The Bertz CT molecular complexity index is 599.